The molecule has 1 aromatic rings. The molecular weight excluding hydrogens is 316 g/mol. The van der Waals surface area contributed by atoms with E-state index < -0.39 is 0 Å². The lowest BCUT2D eigenvalue weighted by molar-refractivity contribution is 0.134. The molecule has 1 aromatic carbocycles. The number of hydrogen-bond acceptors (Lipinski definition) is 4. The van der Waals surface area contributed by atoms with Crippen molar-refractivity contribution in [2.24, 2.45) is 0 Å². The van der Waals surface area contributed by atoms with Crippen LogP contribution in [0.2, 0.25) is 0 Å². The Morgan fingerprint density at radius 1 is 1.32 bits per heavy atom. The first-order valence-corrected chi connectivity index (χ1v) is 9.29. The smallest absolute Gasteiger partial charge is 0.321 e. The molecule has 0 aliphatic carbocycles. The lowest BCUT2D eigenvalue weighted by Gasteiger charge is -2.36. The minimum Gasteiger partial charge on any atom is -0.396 e. The second kappa shape index (κ2) is 8.06. The lowest BCUT2D eigenvalue weighted by Crippen LogP contribution is -2.47. The number of aliphatic hydroxyl groups excluding tert-OH is 1. The van der Waals surface area contributed by atoms with Gasteiger partial charge in [-0.1, -0.05) is 6.07 Å². The number of likely N-dealkylation sites (N-methyl/N-ethyl adjacent to an activating group) is 1. The molecule has 2 heterocycles. The van der Waals surface area contributed by atoms with E-state index in [4.69, 9.17) is 5.11 Å². The Hall–Kier alpha value is -1.79. The van der Waals surface area contributed by atoms with Gasteiger partial charge in [-0.3, -0.25) is 0 Å². The van der Waals surface area contributed by atoms with Gasteiger partial charge in [-0.2, -0.15) is 0 Å². The third-order valence-corrected chi connectivity index (χ3v) is 5.51. The van der Waals surface area contributed by atoms with Crippen LogP contribution >= 0.6 is 0 Å². The van der Waals surface area contributed by atoms with E-state index in [9.17, 15) is 4.79 Å². The predicted octanol–water partition coefficient (Wildman–Crippen LogP) is 1.99. The van der Waals surface area contributed by atoms with E-state index in [-0.39, 0.29) is 12.6 Å². The highest BCUT2D eigenvalue weighted by molar-refractivity contribution is 5.90. The molecule has 0 atom stereocenters. The number of carbonyl (C=O) groups excluding carboxylic acids is 1. The van der Waals surface area contributed by atoms with Crippen LogP contribution in [0, 0.1) is 0 Å². The van der Waals surface area contributed by atoms with Crippen molar-refractivity contribution < 1.29 is 9.90 Å². The number of urea groups is 1. The van der Waals surface area contributed by atoms with Gasteiger partial charge in [-0.05, 0) is 50.4 Å². The number of benzene rings is 1. The van der Waals surface area contributed by atoms with E-state index in [2.05, 4.69) is 41.3 Å². The number of fused-ring (bicyclic) bond motifs is 1. The lowest BCUT2D eigenvalue weighted by atomic mass is 10.0. The Labute approximate surface area is 150 Å². The van der Waals surface area contributed by atoms with Crippen LogP contribution in [-0.4, -0.2) is 73.9 Å². The van der Waals surface area contributed by atoms with Crippen molar-refractivity contribution in [3.05, 3.63) is 23.8 Å². The predicted molar refractivity (Wildman–Crippen MR) is 101 cm³/mol. The van der Waals surface area contributed by atoms with E-state index >= 15 is 0 Å². The normalized spacial score (nSPS) is 17.9. The third-order valence-electron chi connectivity index (χ3n) is 5.51. The van der Waals surface area contributed by atoms with Crippen LogP contribution in [-0.2, 0) is 6.42 Å². The number of amides is 2. The molecule has 0 aromatic heterocycles. The molecular formula is C19H30N4O2. The highest BCUT2D eigenvalue weighted by Crippen LogP contribution is 2.29. The summed E-state index contributed by atoms with van der Waals surface area (Å²) >= 11 is 0. The van der Waals surface area contributed by atoms with Crippen LogP contribution in [0.3, 0.4) is 0 Å². The van der Waals surface area contributed by atoms with E-state index in [1.165, 1.54) is 11.3 Å². The Bertz CT molecular complexity index is 599. The number of carbonyl (C=O) groups is 1. The standard InChI is InChI=1S/C19H30N4O2/c1-21(9-3-13-24)17-7-11-23(12-8-17)19(25)20-16-5-4-15-6-10-22(2)18(15)14-16/h4-5,14,17,24H,3,6-13H2,1-2H3,(H,20,25). The molecule has 1 fully saturated rings. The highest BCUT2D eigenvalue weighted by Gasteiger charge is 2.25. The number of anilines is 2. The van der Waals surface area contributed by atoms with Gasteiger partial charge < -0.3 is 25.1 Å². The number of piperidine rings is 1. The summed E-state index contributed by atoms with van der Waals surface area (Å²) in [5.41, 5.74) is 3.45. The molecule has 3 rings (SSSR count). The van der Waals surface area contributed by atoms with Crippen LogP contribution in [0.1, 0.15) is 24.8 Å². The van der Waals surface area contributed by atoms with Crippen molar-refractivity contribution in [1.82, 2.24) is 9.80 Å². The van der Waals surface area contributed by atoms with Crippen LogP contribution in [0.5, 0.6) is 0 Å². The van der Waals surface area contributed by atoms with Crippen molar-refractivity contribution in [2.45, 2.75) is 31.7 Å². The molecule has 0 bridgehead atoms. The molecule has 6 heteroatoms. The summed E-state index contributed by atoms with van der Waals surface area (Å²) in [7, 11) is 4.20. The SMILES string of the molecule is CN1CCc2ccc(NC(=O)N3CCC(N(C)CCCO)CC3)cc21. The number of nitrogens with zero attached hydrogens (tertiary/aromatic N) is 3. The quantitative estimate of drug-likeness (QED) is 0.856. The van der Waals surface area contributed by atoms with Crippen molar-refractivity contribution in [1.29, 1.82) is 0 Å². The van der Waals surface area contributed by atoms with Gasteiger partial charge in [0.15, 0.2) is 0 Å². The van der Waals surface area contributed by atoms with Gasteiger partial charge in [-0.15, -0.1) is 0 Å². The number of hydrogen-bond donors (Lipinski definition) is 2. The Morgan fingerprint density at radius 2 is 2.08 bits per heavy atom. The monoisotopic (exact) mass is 346 g/mol. The second-order valence-corrected chi connectivity index (χ2v) is 7.22. The number of nitrogens with one attached hydrogen (secondary N) is 1. The van der Waals surface area contributed by atoms with Crippen molar-refractivity contribution in [3.8, 4) is 0 Å². The van der Waals surface area contributed by atoms with E-state index in [0.29, 0.717) is 6.04 Å². The van der Waals surface area contributed by atoms with Crippen LogP contribution in [0.4, 0.5) is 16.2 Å². The summed E-state index contributed by atoms with van der Waals surface area (Å²) < 4.78 is 0. The molecule has 0 radical (unpaired) electrons. The maximum Gasteiger partial charge on any atom is 0.321 e. The van der Waals surface area contributed by atoms with Gasteiger partial charge in [0.05, 0.1) is 0 Å². The average Bonchev–Trinajstić information content (AvgIpc) is 3.00. The third kappa shape index (κ3) is 4.25. The molecule has 25 heavy (non-hydrogen) atoms. The van der Waals surface area contributed by atoms with Gasteiger partial charge >= 0.3 is 6.03 Å². The zero-order chi connectivity index (χ0) is 17.8. The Morgan fingerprint density at radius 3 is 2.80 bits per heavy atom. The molecule has 2 aliphatic rings. The zero-order valence-corrected chi connectivity index (χ0v) is 15.4. The van der Waals surface area contributed by atoms with Crippen LogP contribution < -0.4 is 10.2 Å². The first kappa shape index (κ1) is 18.0. The Balaban J connectivity index is 1.51. The first-order chi connectivity index (χ1) is 12.1. The van der Waals surface area contributed by atoms with Gasteiger partial charge in [0.2, 0.25) is 0 Å². The summed E-state index contributed by atoms with van der Waals surface area (Å²) in [5.74, 6) is 0. The van der Waals surface area contributed by atoms with Gasteiger partial charge in [0.25, 0.3) is 0 Å². The van der Waals surface area contributed by atoms with Gasteiger partial charge in [0.1, 0.15) is 0 Å². The molecule has 6 nitrogen and oxygen atoms in total. The molecule has 0 spiro atoms. The molecule has 2 N–H and O–H groups in total. The average molecular weight is 346 g/mol. The summed E-state index contributed by atoms with van der Waals surface area (Å²) in [6.07, 6.45) is 3.87. The molecule has 1 saturated heterocycles. The summed E-state index contributed by atoms with van der Waals surface area (Å²) in [6.45, 7) is 3.76. The molecule has 0 saturated carbocycles. The fourth-order valence-electron chi connectivity index (χ4n) is 3.83. The van der Waals surface area contributed by atoms with Crippen molar-refractivity contribution in [3.63, 3.8) is 0 Å². The fraction of sp³-hybridized carbons (Fsp3) is 0.632. The zero-order valence-electron chi connectivity index (χ0n) is 15.4. The van der Waals surface area contributed by atoms with Gasteiger partial charge in [-0.25, -0.2) is 4.79 Å². The Kier molecular flexibility index (Phi) is 5.81. The molecule has 138 valence electrons. The summed E-state index contributed by atoms with van der Waals surface area (Å²) in [6, 6.07) is 6.71. The summed E-state index contributed by atoms with van der Waals surface area (Å²) in [5, 5.41) is 12.0. The largest absolute Gasteiger partial charge is 0.396 e. The molecule has 2 aliphatic heterocycles. The molecule has 0 unspecified atom stereocenters. The van der Waals surface area contributed by atoms with Crippen molar-refractivity contribution >= 4 is 17.4 Å². The maximum atomic E-state index is 12.6. The van der Waals surface area contributed by atoms with Crippen molar-refractivity contribution in [2.75, 3.05) is 57.1 Å². The van der Waals surface area contributed by atoms with E-state index in [0.717, 1.165) is 57.5 Å². The number of aliphatic hydroxyl groups is 1. The van der Waals surface area contributed by atoms with E-state index in [1.807, 2.05) is 11.0 Å². The number of likely N-dealkylation sites (tertiary alicyclic amines) is 1. The minimum atomic E-state index is -0.00272. The first-order valence-electron chi connectivity index (χ1n) is 9.29. The van der Waals surface area contributed by atoms with Crippen LogP contribution in [0.25, 0.3) is 0 Å². The van der Waals surface area contributed by atoms with E-state index in [1.54, 1.807) is 0 Å². The number of rotatable bonds is 5. The fourth-order valence-corrected chi connectivity index (χ4v) is 3.83. The maximum absolute atomic E-state index is 12.6. The highest BCUT2D eigenvalue weighted by atomic mass is 16.3. The topological polar surface area (TPSA) is 59.1 Å². The second-order valence-electron chi connectivity index (χ2n) is 7.22. The minimum absolute atomic E-state index is 0.00272. The summed E-state index contributed by atoms with van der Waals surface area (Å²) in [4.78, 5) is 19.0. The van der Waals surface area contributed by atoms with Crippen LogP contribution in [0.15, 0.2) is 18.2 Å². The molecule has 2 amide bonds. The van der Waals surface area contributed by atoms with Gasteiger partial charge in [0, 0.05) is 57.3 Å².